The van der Waals surface area contributed by atoms with E-state index in [0.717, 1.165) is 53.4 Å². The van der Waals surface area contributed by atoms with Gasteiger partial charge in [0.2, 0.25) is 12.7 Å². The molecular formula is C26H27N3O4S. The third kappa shape index (κ3) is 3.71. The summed E-state index contributed by atoms with van der Waals surface area (Å²) in [6.07, 6.45) is 5.90. The number of para-hydroxylation sites is 1. The average molecular weight is 478 g/mol. The molecule has 3 aliphatic rings. The highest BCUT2D eigenvalue weighted by Gasteiger charge is 2.52. The van der Waals surface area contributed by atoms with Gasteiger partial charge in [0, 0.05) is 16.6 Å². The monoisotopic (exact) mass is 477 g/mol. The smallest absolute Gasteiger partial charge is 0.236 e. The summed E-state index contributed by atoms with van der Waals surface area (Å²) in [7, 11) is 1.71. The quantitative estimate of drug-likeness (QED) is 0.530. The summed E-state index contributed by atoms with van der Waals surface area (Å²) in [5.41, 5.74) is 1.58. The summed E-state index contributed by atoms with van der Waals surface area (Å²) in [5, 5.41) is 3.73. The highest BCUT2D eigenvalue weighted by Crippen LogP contribution is 2.51. The van der Waals surface area contributed by atoms with Crippen LogP contribution in [0.25, 0.3) is 0 Å². The van der Waals surface area contributed by atoms with Crippen LogP contribution in [0.3, 0.4) is 0 Å². The van der Waals surface area contributed by atoms with E-state index < -0.39 is 5.41 Å². The number of carbonyl (C=O) groups is 1. The third-order valence-electron chi connectivity index (χ3n) is 7.06. The second-order valence-corrected chi connectivity index (χ2v) is 10.1. The molecule has 2 aliphatic heterocycles. The minimum atomic E-state index is -0.524. The van der Waals surface area contributed by atoms with Crippen molar-refractivity contribution in [3.8, 4) is 17.2 Å². The Labute approximate surface area is 202 Å². The largest absolute Gasteiger partial charge is 0.496 e. The van der Waals surface area contributed by atoms with Gasteiger partial charge < -0.3 is 19.5 Å². The zero-order valence-electron chi connectivity index (χ0n) is 19.1. The minimum absolute atomic E-state index is 0.0118. The van der Waals surface area contributed by atoms with Gasteiger partial charge >= 0.3 is 0 Å². The Balaban J connectivity index is 1.25. The van der Waals surface area contributed by atoms with E-state index in [1.807, 2.05) is 42.6 Å². The molecule has 0 bridgehead atoms. The number of nitrogens with one attached hydrogen (secondary N) is 1. The maximum Gasteiger partial charge on any atom is 0.236 e. The SMILES string of the molecule is COc1ccccc1C(c1cnc(NC(=O)C2(c3ccc4c(c3)OCO4)CC2)s1)N1CCCC1. The Morgan fingerprint density at radius 2 is 1.94 bits per heavy atom. The van der Waals surface area contributed by atoms with Crippen molar-refractivity contribution >= 4 is 22.4 Å². The first-order valence-electron chi connectivity index (χ1n) is 11.7. The lowest BCUT2D eigenvalue weighted by molar-refractivity contribution is -0.118. The first-order chi connectivity index (χ1) is 16.7. The fourth-order valence-electron chi connectivity index (χ4n) is 5.08. The molecule has 1 aliphatic carbocycles. The number of fused-ring (bicyclic) bond motifs is 1. The van der Waals surface area contributed by atoms with Crippen molar-refractivity contribution in [3.05, 3.63) is 64.7 Å². The number of likely N-dealkylation sites (tertiary alicyclic amines) is 1. The Morgan fingerprint density at radius 3 is 2.74 bits per heavy atom. The molecule has 1 saturated carbocycles. The standard InChI is InChI=1S/C26H27N3O4S/c1-31-19-7-3-2-6-18(19)23(29-12-4-5-13-29)22-15-27-25(34-22)28-24(30)26(10-11-26)17-8-9-20-21(14-17)33-16-32-20/h2-3,6-9,14-15,23H,4-5,10-13,16H2,1H3,(H,27,28,30). The molecule has 1 N–H and O–H groups in total. The van der Waals surface area contributed by atoms with Gasteiger partial charge in [-0.05, 0) is 62.5 Å². The lowest BCUT2D eigenvalue weighted by atomic mass is 9.94. The van der Waals surface area contributed by atoms with Crippen LogP contribution in [0, 0.1) is 0 Å². The molecule has 1 unspecified atom stereocenters. The van der Waals surface area contributed by atoms with Crippen molar-refractivity contribution in [2.24, 2.45) is 0 Å². The molecule has 1 amide bonds. The molecule has 34 heavy (non-hydrogen) atoms. The van der Waals surface area contributed by atoms with Crippen LogP contribution < -0.4 is 19.5 Å². The number of carbonyl (C=O) groups excluding carboxylic acids is 1. The number of aromatic nitrogens is 1. The fraction of sp³-hybridized carbons (Fsp3) is 0.385. The predicted octanol–water partition coefficient (Wildman–Crippen LogP) is 4.74. The summed E-state index contributed by atoms with van der Waals surface area (Å²) < 4.78 is 16.6. The van der Waals surface area contributed by atoms with Crippen LogP contribution in [0.1, 0.15) is 47.7 Å². The second-order valence-electron chi connectivity index (χ2n) is 9.06. The van der Waals surface area contributed by atoms with Gasteiger partial charge in [-0.1, -0.05) is 35.6 Å². The van der Waals surface area contributed by atoms with E-state index in [9.17, 15) is 4.79 Å². The van der Waals surface area contributed by atoms with Crippen LogP contribution in [0.2, 0.25) is 0 Å². The van der Waals surface area contributed by atoms with Gasteiger partial charge in [-0.3, -0.25) is 9.69 Å². The number of amides is 1. The highest BCUT2D eigenvalue weighted by molar-refractivity contribution is 7.15. The van der Waals surface area contributed by atoms with Crippen molar-refractivity contribution in [2.45, 2.75) is 37.1 Å². The number of hydrogen-bond acceptors (Lipinski definition) is 7. The average Bonchev–Trinajstić information content (AvgIpc) is 3.22. The zero-order chi connectivity index (χ0) is 23.1. The predicted molar refractivity (Wildman–Crippen MR) is 130 cm³/mol. The van der Waals surface area contributed by atoms with Gasteiger partial charge in [-0.15, -0.1) is 0 Å². The lowest BCUT2D eigenvalue weighted by Crippen LogP contribution is -2.27. The van der Waals surface area contributed by atoms with Gasteiger partial charge in [0.1, 0.15) is 5.75 Å². The molecule has 8 heteroatoms. The van der Waals surface area contributed by atoms with Crippen LogP contribution in [0.5, 0.6) is 17.2 Å². The summed E-state index contributed by atoms with van der Waals surface area (Å²) >= 11 is 1.54. The number of rotatable bonds is 7. The molecule has 7 nitrogen and oxygen atoms in total. The molecule has 0 radical (unpaired) electrons. The Bertz CT molecular complexity index is 1220. The Morgan fingerprint density at radius 1 is 1.15 bits per heavy atom. The molecule has 6 rings (SSSR count). The number of anilines is 1. The van der Waals surface area contributed by atoms with Crippen LogP contribution in [-0.4, -0.2) is 42.8 Å². The summed E-state index contributed by atoms with van der Waals surface area (Å²) in [6, 6.07) is 14.0. The Kier molecular flexibility index (Phi) is 5.42. The van der Waals surface area contributed by atoms with Gasteiger partial charge in [-0.25, -0.2) is 4.98 Å². The molecule has 1 atom stereocenters. The number of nitrogens with zero attached hydrogens (tertiary/aromatic N) is 2. The molecule has 176 valence electrons. The summed E-state index contributed by atoms with van der Waals surface area (Å²) in [5.74, 6) is 2.30. The third-order valence-corrected chi connectivity index (χ3v) is 8.03. The van der Waals surface area contributed by atoms with E-state index in [0.29, 0.717) is 10.9 Å². The number of ether oxygens (including phenoxy) is 3. The van der Waals surface area contributed by atoms with E-state index in [4.69, 9.17) is 14.2 Å². The first kappa shape index (κ1) is 21.4. The zero-order valence-corrected chi connectivity index (χ0v) is 19.9. The summed E-state index contributed by atoms with van der Waals surface area (Å²) in [6.45, 7) is 2.30. The lowest BCUT2D eigenvalue weighted by Gasteiger charge is -2.28. The van der Waals surface area contributed by atoms with Crippen LogP contribution in [0.15, 0.2) is 48.7 Å². The first-order valence-corrected chi connectivity index (χ1v) is 12.5. The molecule has 3 aromatic rings. The van der Waals surface area contributed by atoms with Crippen molar-refractivity contribution in [3.63, 3.8) is 0 Å². The number of thiazole rings is 1. The number of hydrogen-bond donors (Lipinski definition) is 1. The van der Waals surface area contributed by atoms with Crippen molar-refractivity contribution < 1.29 is 19.0 Å². The van der Waals surface area contributed by atoms with E-state index in [1.165, 1.54) is 12.8 Å². The molecule has 1 aromatic heterocycles. The maximum atomic E-state index is 13.4. The number of methoxy groups -OCH3 is 1. The van der Waals surface area contributed by atoms with Gasteiger partial charge in [0.25, 0.3) is 0 Å². The molecule has 1 saturated heterocycles. The molecule has 3 heterocycles. The van der Waals surface area contributed by atoms with Gasteiger partial charge in [0.05, 0.1) is 18.6 Å². The molecular weight excluding hydrogens is 450 g/mol. The minimum Gasteiger partial charge on any atom is -0.496 e. The van der Waals surface area contributed by atoms with Crippen LogP contribution >= 0.6 is 11.3 Å². The van der Waals surface area contributed by atoms with Crippen molar-refractivity contribution in [1.29, 1.82) is 0 Å². The van der Waals surface area contributed by atoms with Crippen LogP contribution in [0.4, 0.5) is 5.13 Å². The van der Waals surface area contributed by atoms with Crippen molar-refractivity contribution in [2.75, 3.05) is 32.3 Å². The Hall–Kier alpha value is -3.10. The molecule has 2 aromatic carbocycles. The van der Waals surface area contributed by atoms with E-state index in [2.05, 4.69) is 21.3 Å². The van der Waals surface area contributed by atoms with E-state index in [1.54, 1.807) is 18.4 Å². The maximum absolute atomic E-state index is 13.4. The highest BCUT2D eigenvalue weighted by atomic mass is 32.1. The topological polar surface area (TPSA) is 72.9 Å². The van der Waals surface area contributed by atoms with Gasteiger partial charge in [0.15, 0.2) is 16.6 Å². The molecule has 2 fully saturated rings. The normalized spacial score (nSPS) is 19.1. The molecule has 0 spiro atoms. The van der Waals surface area contributed by atoms with Crippen molar-refractivity contribution in [1.82, 2.24) is 9.88 Å². The number of benzene rings is 2. The summed E-state index contributed by atoms with van der Waals surface area (Å²) in [4.78, 5) is 21.5. The van der Waals surface area contributed by atoms with Crippen LogP contribution in [-0.2, 0) is 10.2 Å². The van der Waals surface area contributed by atoms with E-state index >= 15 is 0 Å². The van der Waals surface area contributed by atoms with Gasteiger partial charge in [-0.2, -0.15) is 0 Å². The fourth-order valence-corrected chi connectivity index (χ4v) is 6.04. The second kappa shape index (κ2) is 8.60. The van der Waals surface area contributed by atoms with E-state index in [-0.39, 0.29) is 18.7 Å².